The van der Waals surface area contributed by atoms with Crippen molar-refractivity contribution in [2.24, 2.45) is 0 Å². The summed E-state index contributed by atoms with van der Waals surface area (Å²) in [5.41, 5.74) is 4.68. The average molecular weight is 325 g/mol. The highest BCUT2D eigenvalue weighted by Gasteiger charge is 2.42. The molecule has 0 fully saturated rings. The number of hydrogen-bond donors (Lipinski definition) is 2. The molecule has 3 heteroatoms. The molecule has 2 N–H and O–H groups in total. The highest BCUT2D eigenvalue weighted by atomic mass is 16.4. The molecule has 3 rings (SSSR count). The van der Waals surface area contributed by atoms with Gasteiger partial charge < -0.3 is 10.1 Å². The van der Waals surface area contributed by atoms with Crippen molar-refractivity contribution in [1.82, 2.24) is 4.98 Å². The van der Waals surface area contributed by atoms with Gasteiger partial charge in [0, 0.05) is 22.0 Å². The van der Waals surface area contributed by atoms with E-state index in [1.807, 2.05) is 0 Å². The Hall–Kier alpha value is -2.03. The van der Waals surface area contributed by atoms with E-state index in [9.17, 15) is 9.90 Å². The standard InChI is InChI=1S/C21H27NO2/c1-4-6-9-15-11-12-21(5-2,13-17(23)24)20-18(15)16-10-7-8-14(3)19(16)22-20/h4,6-8,10,15,22H,5,9,11-13H2,1-3H3,(H,23,24)/t15-,21?/m0/s1. The van der Waals surface area contributed by atoms with E-state index in [1.165, 1.54) is 27.7 Å². The van der Waals surface area contributed by atoms with Crippen LogP contribution in [0.5, 0.6) is 0 Å². The molecule has 1 heterocycles. The number of rotatable bonds is 5. The summed E-state index contributed by atoms with van der Waals surface area (Å²) in [6.45, 7) is 6.30. The lowest BCUT2D eigenvalue weighted by molar-refractivity contribution is -0.138. The summed E-state index contributed by atoms with van der Waals surface area (Å²) in [4.78, 5) is 15.2. The lowest BCUT2D eigenvalue weighted by Gasteiger charge is -2.38. The Morgan fingerprint density at radius 2 is 2.25 bits per heavy atom. The number of nitrogens with one attached hydrogen (secondary N) is 1. The van der Waals surface area contributed by atoms with Crippen LogP contribution in [0.1, 0.15) is 68.7 Å². The van der Waals surface area contributed by atoms with Crippen LogP contribution in [0.25, 0.3) is 10.9 Å². The summed E-state index contributed by atoms with van der Waals surface area (Å²) in [6.07, 6.45) is 8.43. The normalized spacial score (nSPS) is 23.7. The van der Waals surface area contributed by atoms with Crippen LogP contribution in [0, 0.1) is 6.92 Å². The molecule has 0 radical (unpaired) electrons. The number of hydrogen-bond acceptors (Lipinski definition) is 1. The SMILES string of the molecule is CC=CC[C@H]1CCC(CC)(CC(=O)O)c2[nH]c3c(C)cccc3c21. The van der Waals surface area contributed by atoms with Crippen LogP contribution in [0.2, 0.25) is 0 Å². The van der Waals surface area contributed by atoms with Gasteiger partial charge in [-0.05, 0) is 56.6 Å². The first kappa shape index (κ1) is 16.8. The van der Waals surface area contributed by atoms with E-state index < -0.39 is 5.97 Å². The van der Waals surface area contributed by atoms with E-state index in [4.69, 9.17) is 0 Å². The molecule has 128 valence electrons. The van der Waals surface area contributed by atoms with Crippen molar-refractivity contribution in [3.63, 3.8) is 0 Å². The summed E-state index contributed by atoms with van der Waals surface area (Å²) in [5.74, 6) is -0.231. The first-order chi connectivity index (χ1) is 11.5. The van der Waals surface area contributed by atoms with E-state index in [0.29, 0.717) is 5.92 Å². The van der Waals surface area contributed by atoms with Crippen LogP contribution in [0.4, 0.5) is 0 Å². The van der Waals surface area contributed by atoms with Crippen LogP contribution >= 0.6 is 0 Å². The molecular formula is C21H27NO2. The topological polar surface area (TPSA) is 53.1 Å². The lowest BCUT2D eigenvalue weighted by atomic mass is 9.65. The van der Waals surface area contributed by atoms with Gasteiger partial charge in [0.2, 0.25) is 0 Å². The fraction of sp³-hybridized carbons (Fsp3) is 0.476. The Kier molecular flexibility index (Phi) is 4.53. The van der Waals surface area contributed by atoms with Crippen molar-refractivity contribution in [3.05, 3.63) is 47.2 Å². The smallest absolute Gasteiger partial charge is 0.304 e. The van der Waals surface area contributed by atoms with Gasteiger partial charge in [-0.2, -0.15) is 0 Å². The van der Waals surface area contributed by atoms with Gasteiger partial charge in [-0.1, -0.05) is 37.3 Å². The summed E-state index contributed by atoms with van der Waals surface area (Å²) in [5, 5.41) is 10.8. The number of carboxylic acid groups (broad SMARTS) is 1. The molecule has 0 saturated carbocycles. The number of carboxylic acids is 1. The van der Waals surface area contributed by atoms with Gasteiger partial charge >= 0.3 is 5.97 Å². The molecule has 2 aromatic rings. The highest BCUT2D eigenvalue weighted by Crippen LogP contribution is 2.50. The van der Waals surface area contributed by atoms with E-state index in [2.05, 4.69) is 56.1 Å². The van der Waals surface area contributed by atoms with Crippen LogP contribution < -0.4 is 0 Å². The predicted molar refractivity (Wildman–Crippen MR) is 98.7 cm³/mol. The van der Waals surface area contributed by atoms with Crippen molar-refractivity contribution in [3.8, 4) is 0 Å². The first-order valence-corrected chi connectivity index (χ1v) is 8.97. The average Bonchev–Trinajstić information content (AvgIpc) is 2.96. The summed E-state index contributed by atoms with van der Waals surface area (Å²) < 4.78 is 0. The zero-order chi connectivity index (χ0) is 17.3. The Balaban J connectivity index is 2.23. The minimum absolute atomic E-state index is 0.207. The minimum atomic E-state index is -0.704. The molecule has 24 heavy (non-hydrogen) atoms. The Bertz CT molecular complexity index is 786. The van der Waals surface area contributed by atoms with Gasteiger partial charge in [0.05, 0.1) is 6.42 Å². The Labute approximate surface area is 143 Å². The third kappa shape index (κ3) is 2.66. The third-order valence-electron chi connectivity index (χ3n) is 5.81. The number of fused-ring (bicyclic) bond motifs is 3. The second kappa shape index (κ2) is 6.46. The van der Waals surface area contributed by atoms with E-state index in [0.717, 1.165) is 25.7 Å². The molecule has 3 nitrogen and oxygen atoms in total. The third-order valence-corrected chi connectivity index (χ3v) is 5.81. The van der Waals surface area contributed by atoms with Crippen LogP contribution in [-0.4, -0.2) is 16.1 Å². The van der Waals surface area contributed by atoms with Gasteiger partial charge in [0.25, 0.3) is 0 Å². The molecule has 0 bridgehead atoms. The second-order valence-electron chi connectivity index (χ2n) is 7.16. The van der Waals surface area contributed by atoms with Gasteiger partial charge in [0.1, 0.15) is 0 Å². The lowest BCUT2D eigenvalue weighted by Crippen LogP contribution is -2.34. The molecule has 1 aliphatic rings. The maximum atomic E-state index is 11.6. The first-order valence-electron chi connectivity index (χ1n) is 8.97. The number of aryl methyl sites for hydroxylation is 1. The zero-order valence-corrected chi connectivity index (χ0v) is 14.9. The predicted octanol–water partition coefficient (Wildman–Crippen LogP) is 5.44. The second-order valence-corrected chi connectivity index (χ2v) is 7.16. The maximum absolute atomic E-state index is 11.6. The molecule has 0 aliphatic heterocycles. The van der Waals surface area contributed by atoms with Crippen molar-refractivity contribution in [2.45, 2.75) is 64.2 Å². The van der Waals surface area contributed by atoms with Gasteiger partial charge in [-0.25, -0.2) is 0 Å². The highest BCUT2D eigenvalue weighted by molar-refractivity contribution is 5.89. The molecule has 0 spiro atoms. The number of benzene rings is 1. The molecule has 2 atom stereocenters. The van der Waals surface area contributed by atoms with Gasteiger partial charge in [0.15, 0.2) is 0 Å². The molecule has 1 unspecified atom stereocenters. The molecule has 1 aromatic carbocycles. The van der Waals surface area contributed by atoms with Crippen LogP contribution in [0.15, 0.2) is 30.4 Å². The maximum Gasteiger partial charge on any atom is 0.304 e. The number of allylic oxidation sites excluding steroid dienone is 2. The number of H-pyrrole nitrogens is 1. The summed E-state index contributed by atoms with van der Waals surface area (Å²) >= 11 is 0. The number of carbonyl (C=O) groups is 1. The Morgan fingerprint density at radius 3 is 2.92 bits per heavy atom. The minimum Gasteiger partial charge on any atom is -0.481 e. The summed E-state index contributed by atoms with van der Waals surface area (Å²) in [7, 11) is 0. The zero-order valence-electron chi connectivity index (χ0n) is 14.9. The summed E-state index contributed by atoms with van der Waals surface area (Å²) in [6, 6.07) is 6.42. The fourth-order valence-electron chi connectivity index (χ4n) is 4.43. The van der Waals surface area contributed by atoms with E-state index in [1.54, 1.807) is 0 Å². The molecule has 0 amide bonds. The fourth-order valence-corrected chi connectivity index (χ4v) is 4.43. The van der Waals surface area contributed by atoms with Crippen LogP contribution in [-0.2, 0) is 10.2 Å². The molecule has 1 aliphatic carbocycles. The number of para-hydroxylation sites is 1. The quantitative estimate of drug-likeness (QED) is 0.719. The van der Waals surface area contributed by atoms with Crippen molar-refractivity contribution in [2.75, 3.05) is 0 Å². The van der Waals surface area contributed by atoms with Crippen molar-refractivity contribution < 1.29 is 9.90 Å². The largest absolute Gasteiger partial charge is 0.481 e. The van der Waals surface area contributed by atoms with Crippen molar-refractivity contribution >= 4 is 16.9 Å². The number of aliphatic carboxylic acids is 1. The van der Waals surface area contributed by atoms with Gasteiger partial charge in [-0.3, -0.25) is 4.79 Å². The molecular weight excluding hydrogens is 298 g/mol. The monoisotopic (exact) mass is 325 g/mol. The van der Waals surface area contributed by atoms with Crippen molar-refractivity contribution in [1.29, 1.82) is 0 Å². The van der Waals surface area contributed by atoms with E-state index in [-0.39, 0.29) is 11.8 Å². The Morgan fingerprint density at radius 1 is 1.46 bits per heavy atom. The molecule has 1 aromatic heterocycles. The van der Waals surface area contributed by atoms with E-state index >= 15 is 0 Å². The molecule has 0 saturated heterocycles. The van der Waals surface area contributed by atoms with Crippen LogP contribution in [0.3, 0.4) is 0 Å². The van der Waals surface area contributed by atoms with Gasteiger partial charge in [-0.15, -0.1) is 0 Å². The number of aromatic amines is 1. The number of aromatic nitrogens is 1.